The number of nitrogens with one attached hydrogen (secondary N) is 1. The van der Waals surface area contributed by atoms with Gasteiger partial charge in [0.1, 0.15) is 0 Å². The zero-order chi connectivity index (χ0) is 14.6. The zero-order valence-electron chi connectivity index (χ0n) is 11.3. The summed E-state index contributed by atoms with van der Waals surface area (Å²) in [7, 11) is -3.95. The predicted octanol–water partition coefficient (Wildman–Crippen LogP) is 0.220. The number of halogens is 1. The van der Waals surface area contributed by atoms with Gasteiger partial charge < -0.3 is 4.74 Å². The third-order valence-electron chi connectivity index (χ3n) is 3.15. The van der Waals surface area contributed by atoms with Gasteiger partial charge in [0.05, 0.1) is 12.7 Å². The van der Waals surface area contributed by atoms with Gasteiger partial charge in [0.25, 0.3) is 10.0 Å². The molecule has 1 aliphatic rings. The van der Waals surface area contributed by atoms with Crippen molar-refractivity contribution in [1.29, 1.82) is 0 Å². The van der Waals surface area contributed by atoms with E-state index in [1.807, 2.05) is 6.92 Å². The van der Waals surface area contributed by atoms with Crippen molar-refractivity contribution in [2.75, 3.05) is 32.8 Å². The first-order valence-corrected chi connectivity index (χ1v) is 7.95. The van der Waals surface area contributed by atoms with Crippen molar-refractivity contribution in [3.05, 3.63) is 24.1 Å². The van der Waals surface area contributed by atoms with E-state index in [1.54, 1.807) is 0 Å². The average Bonchev–Trinajstić information content (AvgIpc) is 2.46. The lowest BCUT2D eigenvalue weighted by molar-refractivity contribution is -0.0229. The molecule has 1 atom stereocenters. The summed E-state index contributed by atoms with van der Waals surface area (Å²) in [5.74, 6) is -0.861. The second-order valence-corrected chi connectivity index (χ2v) is 6.21. The highest BCUT2D eigenvalue weighted by molar-refractivity contribution is 7.89. The molecule has 1 N–H and O–H groups in total. The Balaban J connectivity index is 1.98. The molecule has 2 rings (SSSR count). The van der Waals surface area contributed by atoms with Crippen molar-refractivity contribution in [3.8, 4) is 0 Å². The maximum absolute atomic E-state index is 13.4. The van der Waals surface area contributed by atoms with E-state index in [2.05, 4.69) is 14.6 Å². The number of aromatic nitrogens is 1. The quantitative estimate of drug-likeness (QED) is 0.842. The number of nitrogens with zero attached hydrogens (tertiary/aromatic N) is 2. The van der Waals surface area contributed by atoms with E-state index < -0.39 is 20.9 Å². The summed E-state index contributed by atoms with van der Waals surface area (Å²) < 4.78 is 45.2. The Bertz CT molecular complexity index is 553. The average molecular weight is 303 g/mol. The minimum absolute atomic E-state index is 0.106. The molecule has 0 amide bonds. The van der Waals surface area contributed by atoms with Gasteiger partial charge >= 0.3 is 0 Å². The molecule has 1 aromatic rings. The Labute approximate surface area is 118 Å². The van der Waals surface area contributed by atoms with Crippen LogP contribution in [0, 0.1) is 5.82 Å². The third kappa shape index (κ3) is 3.72. The van der Waals surface area contributed by atoms with Gasteiger partial charge in [-0.3, -0.25) is 4.90 Å². The molecule has 6 nitrogen and oxygen atoms in total. The molecule has 0 spiro atoms. The van der Waals surface area contributed by atoms with E-state index in [9.17, 15) is 12.8 Å². The van der Waals surface area contributed by atoms with Crippen molar-refractivity contribution in [3.63, 3.8) is 0 Å². The Kier molecular flexibility index (Phi) is 5.03. The van der Waals surface area contributed by atoms with Crippen molar-refractivity contribution < 1.29 is 17.5 Å². The number of likely N-dealkylation sites (N-methyl/N-ethyl adjacent to an activating group) is 1. The minimum Gasteiger partial charge on any atom is -0.374 e. The zero-order valence-corrected chi connectivity index (χ0v) is 12.1. The van der Waals surface area contributed by atoms with Gasteiger partial charge in [0.15, 0.2) is 5.82 Å². The molecule has 20 heavy (non-hydrogen) atoms. The van der Waals surface area contributed by atoms with Crippen LogP contribution in [0.4, 0.5) is 4.39 Å². The first-order chi connectivity index (χ1) is 9.53. The van der Waals surface area contributed by atoms with Crippen LogP contribution in [0.2, 0.25) is 0 Å². The van der Waals surface area contributed by atoms with Crippen LogP contribution in [0.5, 0.6) is 0 Å². The number of rotatable bonds is 5. The molecular formula is C12H18FN3O3S. The summed E-state index contributed by atoms with van der Waals surface area (Å²) in [5.41, 5.74) is 0. The Morgan fingerprint density at radius 2 is 2.40 bits per heavy atom. The molecule has 0 bridgehead atoms. The largest absolute Gasteiger partial charge is 0.374 e. The Morgan fingerprint density at radius 1 is 1.60 bits per heavy atom. The molecule has 0 aliphatic carbocycles. The van der Waals surface area contributed by atoms with Crippen LogP contribution in [-0.4, -0.2) is 57.2 Å². The maximum Gasteiger partial charge on any atom is 0.261 e. The number of pyridine rings is 1. The van der Waals surface area contributed by atoms with E-state index in [4.69, 9.17) is 4.74 Å². The summed E-state index contributed by atoms with van der Waals surface area (Å²) in [4.78, 5) is 5.74. The fraction of sp³-hybridized carbons (Fsp3) is 0.583. The van der Waals surface area contributed by atoms with Crippen LogP contribution in [0.25, 0.3) is 0 Å². The smallest absolute Gasteiger partial charge is 0.261 e. The van der Waals surface area contributed by atoms with Crippen molar-refractivity contribution >= 4 is 10.0 Å². The summed E-state index contributed by atoms with van der Waals surface area (Å²) in [6, 6.07) is 2.41. The van der Waals surface area contributed by atoms with Gasteiger partial charge in [0.2, 0.25) is 5.03 Å². The highest BCUT2D eigenvalue weighted by Gasteiger charge is 2.24. The second kappa shape index (κ2) is 6.57. The lowest BCUT2D eigenvalue weighted by Gasteiger charge is -2.32. The van der Waals surface area contributed by atoms with Crippen molar-refractivity contribution in [1.82, 2.24) is 14.6 Å². The van der Waals surface area contributed by atoms with E-state index in [0.29, 0.717) is 13.2 Å². The first kappa shape index (κ1) is 15.3. The number of ether oxygens (including phenoxy) is 1. The van der Waals surface area contributed by atoms with Crippen LogP contribution in [0.3, 0.4) is 0 Å². The SMILES string of the molecule is CCN1CCOC(CNS(=O)(=O)c2ncccc2F)C1. The standard InChI is InChI=1S/C12H18FN3O3S/c1-2-16-6-7-19-10(9-16)8-15-20(17,18)12-11(13)4-3-5-14-12/h3-5,10,15H,2,6-9H2,1H3. The monoisotopic (exact) mass is 303 g/mol. The fourth-order valence-electron chi connectivity index (χ4n) is 2.03. The van der Waals surface area contributed by atoms with E-state index in [1.165, 1.54) is 12.3 Å². The van der Waals surface area contributed by atoms with Crippen molar-refractivity contribution in [2.45, 2.75) is 18.1 Å². The summed E-state index contributed by atoms with van der Waals surface area (Å²) in [6.07, 6.45) is 1.01. The highest BCUT2D eigenvalue weighted by atomic mass is 32.2. The van der Waals surface area contributed by atoms with Crippen LogP contribution in [0.1, 0.15) is 6.92 Å². The molecule has 0 aromatic carbocycles. The molecule has 1 unspecified atom stereocenters. The van der Waals surface area contributed by atoms with Gasteiger partial charge in [0, 0.05) is 25.8 Å². The minimum atomic E-state index is -3.95. The molecule has 0 radical (unpaired) electrons. The second-order valence-electron chi connectivity index (χ2n) is 4.53. The third-order valence-corrected chi connectivity index (χ3v) is 4.51. The van der Waals surface area contributed by atoms with Gasteiger partial charge in [-0.15, -0.1) is 0 Å². The Morgan fingerprint density at radius 3 is 3.10 bits per heavy atom. The number of sulfonamides is 1. The maximum atomic E-state index is 13.4. The normalized spacial score (nSPS) is 21.0. The molecule has 1 saturated heterocycles. The van der Waals surface area contributed by atoms with Gasteiger partial charge in [-0.05, 0) is 18.7 Å². The van der Waals surface area contributed by atoms with E-state index >= 15 is 0 Å². The fourth-order valence-corrected chi connectivity index (χ4v) is 3.10. The van der Waals surface area contributed by atoms with Gasteiger partial charge in [-0.25, -0.2) is 22.5 Å². The van der Waals surface area contributed by atoms with E-state index in [-0.39, 0.29) is 12.6 Å². The molecular weight excluding hydrogens is 285 g/mol. The molecule has 8 heteroatoms. The van der Waals surface area contributed by atoms with Gasteiger partial charge in [-0.2, -0.15) is 0 Å². The molecule has 112 valence electrons. The number of morpholine rings is 1. The van der Waals surface area contributed by atoms with Crippen LogP contribution >= 0.6 is 0 Å². The molecule has 1 fully saturated rings. The molecule has 2 heterocycles. The number of hydrogen-bond acceptors (Lipinski definition) is 5. The summed E-state index contributed by atoms with van der Waals surface area (Å²) >= 11 is 0. The summed E-state index contributed by atoms with van der Waals surface area (Å²) in [5, 5.41) is -0.580. The molecule has 1 aliphatic heterocycles. The van der Waals surface area contributed by atoms with Crippen LogP contribution in [0.15, 0.2) is 23.4 Å². The highest BCUT2D eigenvalue weighted by Crippen LogP contribution is 2.10. The molecule has 1 aromatic heterocycles. The van der Waals surface area contributed by atoms with Crippen molar-refractivity contribution in [2.24, 2.45) is 0 Å². The summed E-state index contributed by atoms with van der Waals surface area (Å²) in [6.45, 7) is 5.10. The lowest BCUT2D eigenvalue weighted by Crippen LogP contribution is -2.47. The number of hydrogen-bond donors (Lipinski definition) is 1. The lowest BCUT2D eigenvalue weighted by atomic mass is 10.3. The van der Waals surface area contributed by atoms with Crippen LogP contribution in [-0.2, 0) is 14.8 Å². The topological polar surface area (TPSA) is 71.5 Å². The molecule has 0 saturated carbocycles. The Hall–Kier alpha value is -1.09. The van der Waals surface area contributed by atoms with Crippen LogP contribution < -0.4 is 4.72 Å². The van der Waals surface area contributed by atoms with Gasteiger partial charge in [-0.1, -0.05) is 6.92 Å². The van der Waals surface area contributed by atoms with E-state index in [0.717, 1.165) is 19.2 Å². The first-order valence-electron chi connectivity index (χ1n) is 6.47. The predicted molar refractivity (Wildman–Crippen MR) is 71.2 cm³/mol.